The van der Waals surface area contributed by atoms with E-state index >= 15 is 0 Å². The van der Waals surface area contributed by atoms with E-state index in [-0.39, 0.29) is 22.8 Å². The van der Waals surface area contributed by atoms with Gasteiger partial charge in [0.2, 0.25) is 15.9 Å². The van der Waals surface area contributed by atoms with Crippen molar-refractivity contribution in [3.63, 3.8) is 0 Å². The first kappa shape index (κ1) is 26.2. The van der Waals surface area contributed by atoms with E-state index in [2.05, 4.69) is 51.0 Å². The molecular formula is C26H38N4O3S. The third kappa shape index (κ3) is 7.29. The van der Waals surface area contributed by atoms with Crippen LogP contribution in [0.5, 0.6) is 0 Å². The van der Waals surface area contributed by atoms with Crippen molar-refractivity contribution < 1.29 is 13.2 Å². The molecule has 0 spiro atoms. The second-order valence-electron chi connectivity index (χ2n) is 9.57. The lowest BCUT2D eigenvalue weighted by atomic mass is 10.0. The van der Waals surface area contributed by atoms with Crippen molar-refractivity contribution in [2.24, 2.45) is 5.92 Å². The van der Waals surface area contributed by atoms with Crippen LogP contribution in [0.25, 0.3) is 0 Å². The Morgan fingerprint density at radius 1 is 0.941 bits per heavy atom. The molecule has 1 aliphatic rings. The highest BCUT2D eigenvalue weighted by molar-refractivity contribution is 7.89. The SMILES string of the molecule is Cc1ccc(S(=O)(=O)N[C@@H](CC(C)C)C(=O)NC[C@@H](C)N2CCN(c3ccccc3)CC2)cc1. The Morgan fingerprint density at radius 3 is 2.15 bits per heavy atom. The van der Waals surface area contributed by atoms with Crippen molar-refractivity contribution in [3.8, 4) is 0 Å². The molecule has 2 N–H and O–H groups in total. The molecule has 3 rings (SSSR count). The van der Waals surface area contributed by atoms with Crippen LogP contribution in [0.1, 0.15) is 32.8 Å². The molecule has 0 aromatic heterocycles. The highest BCUT2D eigenvalue weighted by Gasteiger charge is 2.28. The topological polar surface area (TPSA) is 81.7 Å². The summed E-state index contributed by atoms with van der Waals surface area (Å²) >= 11 is 0. The summed E-state index contributed by atoms with van der Waals surface area (Å²) in [6.07, 6.45) is 0.432. The summed E-state index contributed by atoms with van der Waals surface area (Å²) in [5, 5.41) is 2.99. The van der Waals surface area contributed by atoms with Gasteiger partial charge in [-0.2, -0.15) is 4.72 Å². The van der Waals surface area contributed by atoms with Crippen molar-refractivity contribution in [1.29, 1.82) is 0 Å². The number of para-hydroxylation sites is 1. The monoisotopic (exact) mass is 486 g/mol. The normalized spacial score (nSPS) is 16.9. The van der Waals surface area contributed by atoms with Gasteiger partial charge in [-0.25, -0.2) is 8.42 Å². The molecule has 2 atom stereocenters. The van der Waals surface area contributed by atoms with Crippen LogP contribution in [-0.4, -0.2) is 64.0 Å². The number of piperazine rings is 1. The lowest BCUT2D eigenvalue weighted by molar-refractivity contribution is -0.123. The number of amides is 1. The second-order valence-corrected chi connectivity index (χ2v) is 11.3. The maximum absolute atomic E-state index is 13.0. The maximum Gasteiger partial charge on any atom is 0.241 e. The van der Waals surface area contributed by atoms with Gasteiger partial charge < -0.3 is 10.2 Å². The second kappa shape index (κ2) is 11.8. The van der Waals surface area contributed by atoms with Crippen molar-refractivity contribution in [3.05, 3.63) is 60.2 Å². The number of benzene rings is 2. The van der Waals surface area contributed by atoms with E-state index in [1.54, 1.807) is 24.3 Å². The number of aryl methyl sites for hydroxylation is 1. The van der Waals surface area contributed by atoms with Gasteiger partial charge in [-0.1, -0.05) is 49.7 Å². The number of anilines is 1. The van der Waals surface area contributed by atoms with E-state index in [1.807, 2.05) is 26.8 Å². The smallest absolute Gasteiger partial charge is 0.241 e. The van der Waals surface area contributed by atoms with Crippen LogP contribution < -0.4 is 14.9 Å². The summed E-state index contributed by atoms with van der Waals surface area (Å²) in [6.45, 7) is 12.2. The summed E-state index contributed by atoms with van der Waals surface area (Å²) in [7, 11) is -3.79. The lowest BCUT2D eigenvalue weighted by Gasteiger charge is -2.39. The Morgan fingerprint density at radius 2 is 1.56 bits per heavy atom. The predicted octanol–water partition coefficient (Wildman–Crippen LogP) is 3.01. The molecule has 2 aromatic rings. The van der Waals surface area contributed by atoms with Gasteiger partial charge in [0.05, 0.1) is 4.90 Å². The van der Waals surface area contributed by atoms with Gasteiger partial charge in [-0.05, 0) is 50.5 Å². The summed E-state index contributed by atoms with van der Waals surface area (Å²) in [4.78, 5) is 17.9. The molecule has 186 valence electrons. The average molecular weight is 487 g/mol. The molecule has 1 heterocycles. The van der Waals surface area contributed by atoms with Crippen molar-refractivity contribution in [2.45, 2.75) is 51.1 Å². The minimum absolute atomic E-state index is 0.162. The van der Waals surface area contributed by atoms with Gasteiger partial charge in [0, 0.05) is 44.5 Å². The van der Waals surface area contributed by atoms with Gasteiger partial charge in [0.25, 0.3) is 0 Å². The third-order valence-corrected chi connectivity index (χ3v) is 7.77. The molecule has 0 aliphatic carbocycles. The van der Waals surface area contributed by atoms with E-state index in [0.29, 0.717) is 13.0 Å². The van der Waals surface area contributed by atoms with E-state index in [1.165, 1.54) is 5.69 Å². The Hall–Kier alpha value is -2.42. The lowest BCUT2D eigenvalue weighted by Crippen LogP contribution is -2.54. The van der Waals surface area contributed by atoms with Gasteiger partial charge in [-0.3, -0.25) is 9.69 Å². The first-order valence-corrected chi connectivity index (χ1v) is 13.5. The fraction of sp³-hybridized carbons (Fsp3) is 0.500. The summed E-state index contributed by atoms with van der Waals surface area (Å²) in [6, 6.07) is 16.4. The Balaban J connectivity index is 1.54. The van der Waals surface area contributed by atoms with Gasteiger partial charge in [-0.15, -0.1) is 0 Å². The molecule has 0 bridgehead atoms. The van der Waals surface area contributed by atoms with Crippen LogP contribution >= 0.6 is 0 Å². The number of rotatable bonds is 10. The van der Waals surface area contributed by atoms with Gasteiger partial charge in [0.15, 0.2) is 0 Å². The van der Waals surface area contributed by atoms with E-state index in [0.717, 1.165) is 31.7 Å². The van der Waals surface area contributed by atoms with Crippen LogP contribution in [0.3, 0.4) is 0 Å². The van der Waals surface area contributed by atoms with E-state index in [9.17, 15) is 13.2 Å². The zero-order valence-corrected chi connectivity index (χ0v) is 21.5. The molecular weight excluding hydrogens is 448 g/mol. The molecule has 0 radical (unpaired) electrons. The molecule has 0 unspecified atom stereocenters. The van der Waals surface area contributed by atoms with E-state index in [4.69, 9.17) is 0 Å². The van der Waals surface area contributed by atoms with Crippen molar-refractivity contribution in [1.82, 2.24) is 14.9 Å². The zero-order valence-electron chi connectivity index (χ0n) is 20.7. The Labute approximate surface area is 204 Å². The highest BCUT2D eigenvalue weighted by Crippen LogP contribution is 2.17. The van der Waals surface area contributed by atoms with Crippen molar-refractivity contribution >= 4 is 21.6 Å². The minimum atomic E-state index is -3.79. The largest absolute Gasteiger partial charge is 0.369 e. The third-order valence-electron chi connectivity index (χ3n) is 6.28. The maximum atomic E-state index is 13.0. The Kier molecular flexibility index (Phi) is 9.10. The molecule has 7 nitrogen and oxygen atoms in total. The standard InChI is InChI=1S/C26H38N4O3S/c1-20(2)18-25(28-34(32,33)24-12-10-21(3)11-13-24)26(31)27-19-22(4)29-14-16-30(17-15-29)23-8-6-5-7-9-23/h5-13,20,22,25,28H,14-19H2,1-4H3,(H,27,31)/t22-,25+/m1/s1. The molecule has 8 heteroatoms. The number of hydrogen-bond acceptors (Lipinski definition) is 5. The summed E-state index contributed by atoms with van der Waals surface area (Å²) < 4.78 is 28.4. The molecule has 1 fully saturated rings. The number of nitrogens with one attached hydrogen (secondary N) is 2. The molecule has 1 aliphatic heterocycles. The van der Waals surface area contributed by atoms with Crippen molar-refractivity contribution in [2.75, 3.05) is 37.6 Å². The first-order valence-electron chi connectivity index (χ1n) is 12.1. The van der Waals surface area contributed by atoms with Gasteiger partial charge in [0.1, 0.15) is 6.04 Å². The fourth-order valence-corrected chi connectivity index (χ4v) is 5.42. The summed E-state index contributed by atoms with van der Waals surface area (Å²) in [5.41, 5.74) is 2.22. The van der Waals surface area contributed by atoms with Crippen LogP contribution in [0.15, 0.2) is 59.5 Å². The number of carbonyl (C=O) groups is 1. The Bertz CT molecular complexity index is 1020. The summed E-state index contributed by atoms with van der Waals surface area (Å²) in [5.74, 6) is -0.112. The first-order chi connectivity index (χ1) is 16.2. The molecule has 2 aromatic carbocycles. The quantitative estimate of drug-likeness (QED) is 0.540. The van der Waals surface area contributed by atoms with Crippen LogP contribution in [0.4, 0.5) is 5.69 Å². The molecule has 1 saturated heterocycles. The van der Waals surface area contributed by atoms with Gasteiger partial charge >= 0.3 is 0 Å². The predicted molar refractivity (Wildman–Crippen MR) is 137 cm³/mol. The number of nitrogens with zero attached hydrogens (tertiary/aromatic N) is 2. The minimum Gasteiger partial charge on any atom is -0.369 e. The highest BCUT2D eigenvalue weighted by atomic mass is 32.2. The molecule has 1 amide bonds. The number of sulfonamides is 1. The van der Waals surface area contributed by atoms with Crippen LogP contribution in [-0.2, 0) is 14.8 Å². The molecule has 0 saturated carbocycles. The zero-order chi connectivity index (χ0) is 24.7. The van der Waals surface area contributed by atoms with Crippen LogP contribution in [0, 0.1) is 12.8 Å². The number of hydrogen-bond donors (Lipinski definition) is 2. The van der Waals surface area contributed by atoms with E-state index < -0.39 is 16.1 Å². The fourth-order valence-electron chi connectivity index (χ4n) is 4.21. The molecule has 34 heavy (non-hydrogen) atoms. The number of carbonyl (C=O) groups excluding carboxylic acids is 1. The average Bonchev–Trinajstić information content (AvgIpc) is 2.82. The van der Waals surface area contributed by atoms with Crippen LogP contribution in [0.2, 0.25) is 0 Å².